The number of ether oxygens (including phenoxy) is 3. The molecule has 11 nitrogen and oxygen atoms in total. The maximum Gasteiger partial charge on any atom is 0.305 e. The number of carbonyl (C=O) groups excluding carboxylic acids is 2. The van der Waals surface area contributed by atoms with Crippen LogP contribution in [0.1, 0.15) is 399 Å². The number of esters is 1. The molecule has 1 aliphatic heterocycles. The smallest absolute Gasteiger partial charge is 0.305 e. The third-order valence-corrected chi connectivity index (χ3v) is 19.3. The second-order valence-electron chi connectivity index (χ2n) is 28.5. The van der Waals surface area contributed by atoms with Crippen LogP contribution in [0.4, 0.5) is 0 Å². The van der Waals surface area contributed by atoms with Crippen molar-refractivity contribution in [2.45, 2.75) is 442 Å². The van der Waals surface area contributed by atoms with E-state index in [0.29, 0.717) is 19.4 Å². The zero-order valence-corrected chi connectivity index (χ0v) is 62.1. The molecule has 6 N–H and O–H groups in total. The van der Waals surface area contributed by atoms with E-state index in [2.05, 4.69) is 67.8 Å². The minimum absolute atomic E-state index is 0.00734. The number of aliphatic hydroxyl groups excluding tert-OH is 5. The predicted octanol–water partition coefficient (Wildman–Crippen LogP) is 22.4. The fourth-order valence-corrected chi connectivity index (χ4v) is 12.9. The van der Waals surface area contributed by atoms with Gasteiger partial charge in [-0.05, 0) is 103 Å². The van der Waals surface area contributed by atoms with Crippen LogP contribution in [0.25, 0.3) is 0 Å². The quantitative estimate of drug-likeness (QED) is 0.0195. The Labute approximate surface area is 586 Å². The molecular formula is C84H155NO10. The zero-order chi connectivity index (χ0) is 68.6. The zero-order valence-electron chi connectivity index (χ0n) is 62.1. The Bertz CT molecular complexity index is 1770. The molecule has 0 aromatic rings. The lowest BCUT2D eigenvalue weighted by Gasteiger charge is -2.40. The molecule has 7 unspecified atom stereocenters. The van der Waals surface area contributed by atoms with Crippen molar-refractivity contribution >= 4 is 11.9 Å². The number of hydrogen-bond acceptors (Lipinski definition) is 10. The molecule has 11 heteroatoms. The molecule has 0 radical (unpaired) electrons. The van der Waals surface area contributed by atoms with Gasteiger partial charge in [0.25, 0.3) is 0 Å². The van der Waals surface area contributed by atoms with Crippen molar-refractivity contribution in [3.05, 3.63) is 60.8 Å². The predicted molar refractivity (Wildman–Crippen MR) is 403 cm³/mol. The van der Waals surface area contributed by atoms with E-state index < -0.39 is 49.5 Å². The third-order valence-electron chi connectivity index (χ3n) is 19.3. The lowest BCUT2D eigenvalue weighted by atomic mass is 9.99. The molecule has 0 bridgehead atoms. The molecule has 1 heterocycles. The van der Waals surface area contributed by atoms with E-state index in [1.165, 1.54) is 308 Å². The van der Waals surface area contributed by atoms with Crippen LogP contribution in [0, 0.1) is 0 Å². The average molecular weight is 1340 g/mol. The van der Waals surface area contributed by atoms with Crippen molar-refractivity contribution in [3.8, 4) is 0 Å². The highest BCUT2D eigenvalue weighted by Crippen LogP contribution is 2.24. The second-order valence-corrected chi connectivity index (χ2v) is 28.5. The average Bonchev–Trinajstić information content (AvgIpc) is 0.850. The van der Waals surface area contributed by atoms with Crippen molar-refractivity contribution in [1.29, 1.82) is 0 Å². The van der Waals surface area contributed by atoms with Crippen molar-refractivity contribution in [3.63, 3.8) is 0 Å². The van der Waals surface area contributed by atoms with Crippen LogP contribution >= 0.6 is 0 Å². The lowest BCUT2D eigenvalue weighted by molar-refractivity contribution is -0.302. The van der Waals surface area contributed by atoms with Crippen molar-refractivity contribution in [2.75, 3.05) is 19.8 Å². The van der Waals surface area contributed by atoms with Gasteiger partial charge in [-0.3, -0.25) is 9.59 Å². The van der Waals surface area contributed by atoms with E-state index >= 15 is 0 Å². The first kappa shape index (κ1) is 90.4. The molecule has 0 aromatic carbocycles. The Balaban J connectivity index is 1.89. The van der Waals surface area contributed by atoms with Gasteiger partial charge in [0.05, 0.1) is 32.0 Å². The minimum Gasteiger partial charge on any atom is -0.466 e. The number of unbranched alkanes of at least 4 members (excludes halogenated alkanes) is 51. The van der Waals surface area contributed by atoms with Crippen LogP contribution < -0.4 is 5.32 Å². The number of carbonyl (C=O) groups is 2. The second kappa shape index (κ2) is 72.6. The largest absolute Gasteiger partial charge is 0.466 e. The molecule has 0 aromatic heterocycles. The molecule has 95 heavy (non-hydrogen) atoms. The Kier molecular flexibility index (Phi) is 69.1. The summed E-state index contributed by atoms with van der Waals surface area (Å²) in [4.78, 5) is 25.2. The standard InChI is InChI=1S/C84H155NO10/c1-3-5-7-9-11-13-15-17-18-45-48-52-56-60-64-68-72-80(89)93-73-69-65-61-57-53-49-46-43-41-39-37-35-33-31-29-27-25-23-21-19-20-22-24-26-28-30-32-34-36-38-40-42-44-47-51-55-59-63-67-71-79(88)85-76(75-94-84-83(92)82(91)81(90)78(74-86)95-84)77(87)70-66-62-58-54-50-16-14-12-10-8-6-4-2/h18-20,23,25,45,50,54,66,70,76-78,81-84,86-87,90-92H,3-17,21-22,24,26-44,46-49,51-53,55-65,67-69,71-75H2,1-2H3,(H,85,88)/b20-19-,25-23-,45-18-,54-50+,70-66+. The molecule has 1 rings (SSSR count). The highest BCUT2D eigenvalue weighted by atomic mass is 16.7. The summed E-state index contributed by atoms with van der Waals surface area (Å²) >= 11 is 0. The van der Waals surface area contributed by atoms with Gasteiger partial charge in [-0.25, -0.2) is 0 Å². The van der Waals surface area contributed by atoms with Crippen molar-refractivity contribution in [2.24, 2.45) is 0 Å². The lowest BCUT2D eigenvalue weighted by Crippen LogP contribution is -2.60. The van der Waals surface area contributed by atoms with Crippen LogP contribution in [0.5, 0.6) is 0 Å². The van der Waals surface area contributed by atoms with Gasteiger partial charge in [-0.15, -0.1) is 0 Å². The van der Waals surface area contributed by atoms with Gasteiger partial charge in [-0.1, -0.05) is 344 Å². The number of amides is 1. The molecule has 7 atom stereocenters. The molecular weight excluding hydrogens is 1180 g/mol. The summed E-state index contributed by atoms with van der Waals surface area (Å²) in [6.45, 7) is 4.35. The summed E-state index contributed by atoms with van der Waals surface area (Å²) in [6.07, 6.45) is 88.4. The van der Waals surface area contributed by atoms with E-state index in [-0.39, 0.29) is 18.5 Å². The van der Waals surface area contributed by atoms with Gasteiger partial charge in [0.2, 0.25) is 5.91 Å². The molecule has 0 aliphatic carbocycles. The molecule has 556 valence electrons. The highest BCUT2D eigenvalue weighted by Gasteiger charge is 2.44. The van der Waals surface area contributed by atoms with Gasteiger partial charge < -0.3 is 45.1 Å². The first-order chi connectivity index (χ1) is 46.7. The number of allylic oxidation sites excluding steroid dienone is 9. The molecule has 1 fully saturated rings. The van der Waals surface area contributed by atoms with Crippen LogP contribution in [0.3, 0.4) is 0 Å². The van der Waals surface area contributed by atoms with E-state index in [0.717, 1.165) is 64.2 Å². The van der Waals surface area contributed by atoms with Crippen LogP contribution in [0.15, 0.2) is 60.8 Å². The van der Waals surface area contributed by atoms with Crippen LogP contribution in [-0.2, 0) is 23.8 Å². The summed E-state index contributed by atoms with van der Waals surface area (Å²) in [7, 11) is 0. The highest BCUT2D eigenvalue weighted by molar-refractivity contribution is 5.76. The number of rotatable bonds is 73. The topological polar surface area (TPSA) is 175 Å². The minimum atomic E-state index is -1.58. The molecule has 1 saturated heterocycles. The number of nitrogens with one attached hydrogen (secondary N) is 1. The van der Waals surface area contributed by atoms with Gasteiger partial charge in [0, 0.05) is 12.8 Å². The van der Waals surface area contributed by atoms with Crippen molar-refractivity contribution in [1.82, 2.24) is 5.32 Å². The maximum absolute atomic E-state index is 13.1. The first-order valence-electron chi connectivity index (χ1n) is 41.1. The van der Waals surface area contributed by atoms with Gasteiger partial charge in [-0.2, -0.15) is 0 Å². The summed E-state index contributed by atoms with van der Waals surface area (Å²) in [6, 6.07) is -0.826. The van der Waals surface area contributed by atoms with E-state index in [9.17, 15) is 35.1 Å². The third kappa shape index (κ3) is 61.0. The van der Waals surface area contributed by atoms with Gasteiger partial charge in [0.1, 0.15) is 24.4 Å². The Morgan fingerprint density at radius 2 is 0.716 bits per heavy atom. The monoisotopic (exact) mass is 1340 g/mol. The summed E-state index contributed by atoms with van der Waals surface area (Å²) in [5, 5.41) is 54.5. The normalized spacial score (nSPS) is 17.7. The Morgan fingerprint density at radius 3 is 1.11 bits per heavy atom. The molecule has 0 saturated carbocycles. The number of aliphatic hydroxyl groups is 5. The Hall–Kier alpha value is -2.64. The summed E-state index contributed by atoms with van der Waals surface area (Å²) in [5.41, 5.74) is 0. The fourth-order valence-electron chi connectivity index (χ4n) is 12.9. The summed E-state index contributed by atoms with van der Waals surface area (Å²) < 4.78 is 16.8. The van der Waals surface area contributed by atoms with E-state index in [4.69, 9.17) is 14.2 Å². The van der Waals surface area contributed by atoms with Gasteiger partial charge >= 0.3 is 5.97 Å². The fraction of sp³-hybridized carbons (Fsp3) is 0.857. The van der Waals surface area contributed by atoms with Crippen LogP contribution in [0.2, 0.25) is 0 Å². The SMILES string of the molecule is CCCCCCCC/C=C/CC/C=C/C(O)C(COC1OC(CO)C(O)C(O)C1O)NC(=O)CCCCCCCCCCCCCCCCCCC/C=C\C/C=C\CCCCCCCCCCCCCCCCCOC(=O)CCCCCCC/C=C\CCCCCCCCC. The van der Waals surface area contributed by atoms with Crippen LogP contribution in [-0.4, -0.2) is 100 Å². The van der Waals surface area contributed by atoms with Crippen molar-refractivity contribution < 1.29 is 49.3 Å². The Morgan fingerprint density at radius 1 is 0.389 bits per heavy atom. The number of hydrogen-bond donors (Lipinski definition) is 6. The van der Waals surface area contributed by atoms with Gasteiger partial charge in [0.15, 0.2) is 6.29 Å². The summed E-state index contributed by atoms with van der Waals surface area (Å²) in [5.74, 6) is -0.181. The first-order valence-corrected chi connectivity index (χ1v) is 41.1. The molecule has 1 amide bonds. The molecule has 0 spiro atoms. The van der Waals surface area contributed by atoms with E-state index in [1.54, 1.807) is 6.08 Å². The molecule has 1 aliphatic rings. The van der Waals surface area contributed by atoms with E-state index in [1.807, 2.05) is 6.08 Å². The maximum atomic E-state index is 13.1.